The lowest BCUT2D eigenvalue weighted by atomic mass is 9.96. The summed E-state index contributed by atoms with van der Waals surface area (Å²) in [5.74, 6) is 0.136. The highest BCUT2D eigenvalue weighted by atomic mass is 19.1. The molecule has 0 aromatic heterocycles. The molecule has 116 valence electrons. The van der Waals surface area contributed by atoms with Crippen LogP contribution in [0.1, 0.15) is 32.3 Å². The van der Waals surface area contributed by atoms with Crippen LogP contribution in [0.15, 0.2) is 18.2 Å². The second kappa shape index (κ2) is 6.89. The second-order valence-electron chi connectivity index (χ2n) is 5.45. The molecule has 1 heterocycles. The third-order valence-electron chi connectivity index (χ3n) is 4.07. The van der Waals surface area contributed by atoms with Crippen molar-refractivity contribution in [3.63, 3.8) is 0 Å². The zero-order valence-corrected chi connectivity index (χ0v) is 12.4. The highest BCUT2D eigenvalue weighted by Gasteiger charge is 2.29. The molecule has 0 radical (unpaired) electrons. The van der Waals surface area contributed by atoms with E-state index in [4.69, 9.17) is 4.74 Å². The van der Waals surface area contributed by atoms with E-state index in [1.807, 2.05) is 13.8 Å². The first-order valence-electron chi connectivity index (χ1n) is 7.46. The van der Waals surface area contributed by atoms with Crippen LogP contribution in [0.3, 0.4) is 0 Å². The molecule has 2 rings (SSSR count). The van der Waals surface area contributed by atoms with E-state index in [9.17, 15) is 14.3 Å². The molecule has 0 spiro atoms. The summed E-state index contributed by atoms with van der Waals surface area (Å²) in [6, 6.07) is 4.24. The molecule has 1 aromatic carbocycles. The number of rotatable bonds is 6. The van der Waals surface area contributed by atoms with Gasteiger partial charge < -0.3 is 15.2 Å². The molecule has 1 aliphatic rings. The largest absolute Gasteiger partial charge is 0.480 e. The number of carbonyl (C=O) groups is 1. The number of halogens is 1. The monoisotopic (exact) mass is 295 g/mol. The van der Waals surface area contributed by atoms with E-state index in [1.54, 1.807) is 0 Å². The van der Waals surface area contributed by atoms with E-state index in [-0.39, 0.29) is 24.2 Å². The minimum Gasteiger partial charge on any atom is -0.480 e. The van der Waals surface area contributed by atoms with Crippen molar-refractivity contribution in [3.8, 4) is 5.75 Å². The molecular formula is C16H22FNO3. The summed E-state index contributed by atoms with van der Waals surface area (Å²) in [7, 11) is 0. The smallest absolute Gasteiger partial charge is 0.261 e. The predicted molar refractivity (Wildman–Crippen MR) is 77.6 cm³/mol. The Bertz CT molecular complexity index is 502. The Morgan fingerprint density at radius 1 is 1.48 bits per heavy atom. The first-order valence-corrected chi connectivity index (χ1v) is 7.46. The van der Waals surface area contributed by atoms with Gasteiger partial charge in [-0.15, -0.1) is 0 Å². The van der Waals surface area contributed by atoms with Crippen molar-refractivity contribution in [2.45, 2.75) is 45.3 Å². The Balaban J connectivity index is 1.86. The van der Waals surface area contributed by atoms with Crippen molar-refractivity contribution < 1.29 is 19.0 Å². The van der Waals surface area contributed by atoms with E-state index >= 15 is 0 Å². The first-order chi connectivity index (χ1) is 10.0. The third kappa shape index (κ3) is 3.73. The van der Waals surface area contributed by atoms with Crippen LogP contribution in [-0.4, -0.2) is 29.8 Å². The normalized spacial score (nSPS) is 18.2. The first kappa shape index (κ1) is 15.8. The Labute approximate surface area is 124 Å². The van der Waals surface area contributed by atoms with E-state index in [0.717, 1.165) is 12.8 Å². The SMILES string of the molecule is CCC(CC)C(O)CNC(=O)C1Cc2cc(F)ccc2O1. The van der Waals surface area contributed by atoms with Gasteiger partial charge in [-0.25, -0.2) is 4.39 Å². The lowest BCUT2D eigenvalue weighted by Gasteiger charge is -2.21. The molecule has 0 bridgehead atoms. The van der Waals surface area contributed by atoms with Crippen molar-refractivity contribution >= 4 is 5.91 Å². The quantitative estimate of drug-likeness (QED) is 0.844. The zero-order chi connectivity index (χ0) is 15.4. The van der Waals surface area contributed by atoms with Crippen LogP contribution in [0.25, 0.3) is 0 Å². The lowest BCUT2D eigenvalue weighted by Crippen LogP contribution is -2.42. The number of hydrogen-bond donors (Lipinski definition) is 2. The number of hydrogen-bond acceptors (Lipinski definition) is 3. The van der Waals surface area contributed by atoms with Crippen LogP contribution in [-0.2, 0) is 11.2 Å². The number of nitrogens with one attached hydrogen (secondary N) is 1. The van der Waals surface area contributed by atoms with Crippen LogP contribution >= 0.6 is 0 Å². The van der Waals surface area contributed by atoms with Gasteiger partial charge in [0.05, 0.1) is 6.10 Å². The van der Waals surface area contributed by atoms with Gasteiger partial charge in [-0.1, -0.05) is 26.7 Å². The topological polar surface area (TPSA) is 58.6 Å². The van der Waals surface area contributed by atoms with Crippen LogP contribution in [0.4, 0.5) is 4.39 Å². The summed E-state index contributed by atoms with van der Waals surface area (Å²) < 4.78 is 18.6. The third-order valence-corrected chi connectivity index (χ3v) is 4.07. The van der Waals surface area contributed by atoms with Crippen molar-refractivity contribution in [2.75, 3.05) is 6.54 Å². The van der Waals surface area contributed by atoms with Gasteiger partial charge in [0.1, 0.15) is 11.6 Å². The fraction of sp³-hybridized carbons (Fsp3) is 0.562. The molecule has 4 nitrogen and oxygen atoms in total. The summed E-state index contributed by atoms with van der Waals surface area (Å²) in [4.78, 5) is 12.1. The molecule has 2 N–H and O–H groups in total. The Morgan fingerprint density at radius 2 is 2.19 bits per heavy atom. The number of aliphatic hydroxyl groups excluding tert-OH is 1. The maximum Gasteiger partial charge on any atom is 0.261 e. The predicted octanol–water partition coefficient (Wildman–Crippen LogP) is 2.04. The Kier molecular flexibility index (Phi) is 5.17. The summed E-state index contributed by atoms with van der Waals surface area (Å²) >= 11 is 0. The van der Waals surface area contributed by atoms with Gasteiger partial charge in [-0.2, -0.15) is 0 Å². The highest BCUT2D eigenvalue weighted by molar-refractivity contribution is 5.82. The molecule has 2 atom stereocenters. The number of ether oxygens (including phenoxy) is 1. The van der Waals surface area contributed by atoms with Crippen LogP contribution in [0, 0.1) is 11.7 Å². The number of aliphatic hydroxyl groups is 1. The van der Waals surface area contributed by atoms with Gasteiger partial charge in [-0.05, 0) is 24.1 Å². The average Bonchev–Trinajstić information content (AvgIpc) is 2.89. The maximum atomic E-state index is 13.1. The molecular weight excluding hydrogens is 273 g/mol. The number of fused-ring (bicyclic) bond motifs is 1. The van der Waals surface area contributed by atoms with Crippen LogP contribution < -0.4 is 10.1 Å². The number of carbonyl (C=O) groups excluding carboxylic acids is 1. The molecule has 1 aliphatic heterocycles. The number of benzene rings is 1. The molecule has 0 fully saturated rings. The van der Waals surface area contributed by atoms with Crippen LogP contribution in [0.2, 0.25) is 0 Å². The van der Waals surface area contributed by atoms with E-state index in [0.29, 0.717) is 17.7 Å². The average molecular weight is 295 g/mol. The van der Waals surface area contributed by atoms with E-state index in [1.165, 1.54) is 18.2 Å². The minimum atomic E-state index is -0.643. The fourth-order valence-corrected chi connectivity index (χ4v) is 2.68. The van der Waals surface area contributed by atoms with E-state index < -0.39 is 12.2 Å². The van der Waals surface area contributed by atoms with Crippen LogP contribution in [0.5, 0.6) is 5.75 Å². The van der Waals surface area contributed by atoms with Gasteiger partial charge in [0, 0.05) is 18.5 Å². The lowest BCUT2D eigenvalue weighted by molar-refractivity contribution is -0.127. The van der Waals surface area contributed by atoms with Gasteiger partial charge in [0.25, 0.3) is 5.91 Å². The zero-order valence-electron chi connectivity index (χ0n) is 12.4. The molecule has 1 aromatic rings. The summed E-state index contributed by atoms with van der Waals surface area (Å²) in [5.41, 5.74) is 0.704. The van der Waals surface area contributed by atoms with E-state index in [2.05, 4.69) is 5.32 Å². The summed E-state index contributed by atoms with van der Waals surface area (Å²) in [6.45, 7) is 4.25. The van der Waals surface area contributed by atoms with Gasteiger partial charge in [-0.3, -0.25) is 4.79 Å². The van der Waals surface area contributed by atoms with Gasteiger partial charge >= 0.3 is 0 Å². The summed E-state index contributed by atoms with van der Waals surface area (Å²) in [5, 5.41) is 12.7. The molecule has 21 heavy (non-hydrogen) atoms. The van der Waals surface area contributed by atoms with Gasteiger partial charge in [0.15, 0.2) is 6.10 Å². The minimum absolute atomic E-state index is 0.182. The van der Waals surface area contributed by atoms with Gasteiger partial charge in [0.2, 0.25) is 0 Å². The molecule has 0 aliphatic carbocycles. The molecule has 5 heteroatoms. The van der Waals surface area contributed by atoms with Crippen molar-refractivity contribution in [3.05, 3.63) is 29.6 Å². The molecule has 0 saturated carbocycles. The second-order valence-corrected chi connectivity index (χ2v) is 5.45. The van der Waals surface area contributed by atoms with Crippen molar-refractivity contribution in [1.29, 1.82) is 0 Å². The fourth-order valence-electron chi connectivity index (χ4n) is 2.68. The molecule has 2 unspecified atom stereocenters. The Hall–Kier alpha value is -1.62. The maximum absolute atomic E-state index is 13.1. The number of amides is 1. The Morgan fingerprint density at radius 3 is 2.86 bits per heavy atom. The highest BCUT2D eigenvalue weighted by Crippen LogP contribution is 2.29. The standard InChI is InChI=1S/C16H22FNO3/c1-3-10(4-2)13(19)9-18-16(20)15-8-11-7-12(17)5-6-14(11)21-15/h5-7,10,13,15,19H,3-4,8-9H2,1-2H3,(H,18,20). The molecule has 1 amide bonds. The molecule has 0 saturated heterocycles. The van der Waals surface area contributed by atoms with Crippen molar-refractivity contribution in [2.24, 2.45) is 5.92 Å². The van der Waals surface area contributed by atoms with Crippen molar-refractivity contribution in [1.82, 2.24) is 5.32 Å². The summed E-state index contributed by atoms with van der Waals surface area (Å²) in [6.07, 6.45) is 0.914.